The number of rotatable bonds is 5. The molecule has 2 aromatic rings. The van der Waals surface area contributed by atoms with Crippen LogP contribution in [0.5, 0.6) is 0 Å². The van der Waals surface area contributed by atoms with Gasteiger partial charge in [0.15, 0.2) is 5.17 Å². The second kappa shape index (κ2) is 9.40. The number of thioether (sulfide) groups is 1. The molecule has 0 atom stereocenters. The highest BCUT2D eigenvalue weighted by molar-refractivity contribution is 8.14. The van der Waals surface area contributed by atoms with Gasteiger partial charge in [0.05, 0.1) is 37.6 Å². The molecule has 5 nitrogen and oxygen atoms in total. The lowest BCUT2D eigenvalue weighted by Gasteiger charge is -2.33. The number of benzene rings is 2. The first-order chi connectivity index (χ1) is 12.7. The van der Waals surface area contributed by atoms with Crippen LogP contribution in [0.15, 0.2) is 65.7 Å². The zero-order chi connectivity index (χ0) is 18.2. The molecule has 0 aliphatic carbocycles. The molecule has 26 heavy (non-hydrogen) atoms. The van der Waals surface area contributed by atoms with Crippen molar-refractivity contribution < 1.29 is 9.69 Å². The lowest BCUT2D eigenvalue weighted by atomic mass is 10.2. The number of nitrogens with two attached hydrogens (primary N) is 1. The third-order valence-electron chi connectivity index (χ3n) is 4.36. The summed E-state index contributed by atoms with van der Waals surface area (Å²) in [6, 6.07) is 20.5. The zero-order valence-electron chi connectivity index (χ0n) is 14.8. The van der Waals surface area contributed by atoms with Crippen LogP contribution in [-0.2, 0) is 11.3 Å². The van der Waals surface area contributed by atoms with Crippen LogP contribution in [0.2, 0.25) is 0 Å². The summed E-state index contributed by atoms with van der Waals surface area (Å²) in [5.41, 5.74) is 7.61. The van der Waals surface area contributed by atoms with Gasteiger partial charge in [0, 0.05) is 5.56 Å². The maximum absolute atomic E-state index is 11.2. The molecule has 1 heterocycles. The number of primary amides is 1. The van der Waals surface area contributed by atoms with Crippen LogP contribution >= 0.6 is 11.8 Å². The lowest BCUT2D eigenvalue weighted by molar-refractivity contribution is -0.917. The third-order valence-corrected chi connectivity index (χ3v) is 5.40. The SMILES string of the molecule is NC(=O)CSC(=Nc1ccccc1)N1CC[NH+](Cc2ccccc2)CC1. The molecule has 3 rings (SSSR count). The van der Waals surface area contributed by atoms with E-state index in [4.69, 9.17) is 10.7 Å². The van der Waals surface area contributed by atoms with Crippen LogP contribution in [0.4, 0.5) is 5.69 Å². The van der Waals surface area contributed by atoms with Gasteiger partial charge in [-0.2, -0.15) is 0 Å². The van der Waals surface area contributed by atoms with Crippen LogP contribution in [0.1, 0.15) is 5.56 Å². The number of hydrogen-bond donors (Lipinski definition) is 2. The van der Waals surface area contributed by atoms with Crippen molar-refractivity contribution in [3.05, 3.63) is 66.2 Å². The topological polar surface area (TPSA) is 63.1 Å². The summed E-state index contributed by atoms with van der Waals surface area (Å²) < 4.78 is 0. The number of para-hydroxylation sites is 1. The van der Waals surface area contributed by atoms with Gasteiger partial charge in [-0.1, -0.05) is 60.3 Å². The molecule has 1 amide bonds. The largest absolute Gasteiger partial charge is 0.369 e. The summed E-state index contributed by atoms with van der Waals surface area (Å²) in [5.74, 6) is -0.0629. The molecule has 2 aromatic carbocycles. The van der Waals surface area contributed by atoms with Crippen molar-refractivity contribution in [3.63, 3.8) is 0 Å². The quantitative estimate of drug-likeness (QED) is 0.617. The van der Waals surface area contributed by atoms with Gasteiger partial charge in [-0.3, -0.25) is 4.79 Å². The van der Waals surface area contributed by atoms with Gasteiger partial charge in [-0.05, 0) is 12.1 Å². The molecule has 0 radical (unpaired) electrons. The summed E-state index contributed by atoms with van der Waals surface area (Å²) in [6.07, 6.45) is 0. The van der Waals surface area contributed by atoms with Crippen molar-refractivity contribution >= 4 is 28.5 Å². The summed E-state index contributed by atoms with van der Waals surface area (Å²) in [4.78, 5) is 19.8. The third kappa shape index (κ3) is 5.61. The molecule has 0 spiro atoms. The highest BCUT2D eigenvalue weighted by Crippen LogP contribution is 2.17. The summed E-state index contributed by atoms with van der Waals surface area (Å²) in [7, 11) is 0. The van der Waals surface area contributed by atoms with Gasteiger partial charge in [-0.25, -0.2) is 4.99 Å². The fraction of sp³-hybridized carbons (Fsp3) is 0.300. The molecule has 1 fully saturated rings. The zero-order valence-corrected chi connectivity index (χ0v) is 15.6. The monoisotopic (exact) mass is 369 g/mol. The van der Waals surface area contributed by atoms with Gasteiger partial charge in [0.2, 0.25) is 5.91 Å². The lowest BCUT2D eigenvalue weighted by Crippen LogP contribution is -3.13. The van der Waals surface area contributed by atoms with E-state index >= 15 is 0 Å². The van der Waals surface area contributed by atoms with E-state index in [1.54, 1.807) is 4.90 Å². The molecule has 0 unspecified atom stereocenters. The van der Waals surface area contributed by atoms with E-state index < -0.39 is 0 Å². The number of quaternary nitrogens is 1. The minimum Gasteiger partial charge on any atom is -0.369 e. The molecule has 1 aliphatic heterocycles. The summed E-state index contributed by atoms with van der Waals surface area (Å²) in [6.45, 7) is 5.02. The number of amides is 1. The van der Waals surface area contributed by atoms with Crippen LogP contribution in [0.3, 0.4) is 0 Å². The fourth-order valence-corrected chi connectivity index (χ4v) is 3.82. The Morgan fingerprint density at radius 2 is 1.65 bits per heavy atom. The minimum atomic E-state index is -0.316. The maximum Gasteiger partial charge on any atom is 0.227 e. The summed E-state index contributed by atoms with van der Waals surface area (Å²) in [5, 5.41) is 0.883. The summed E-state index contributed by atoms with van der Waals surface area (Å²) >= 11 is 1.43. The van der Waals surface area contributed by atoms with Crippen molar-refractivity contribution in [3.8, 4) is 0 Å². The number of carbonyl (C=O) groups is 1. The Morgan fingerprint density at radius 3 is 2.27 bits per heavy atom. The maximum atomic E-state index is 11.2. The van der Waals surface area contributed by atoms with Crippen molar-refractivity contribution in [2.75, 3.05) is 31.9 Å². The van der Waals surface area contributed by atoms with Gasteiger partial charge in [-0.15, -0.1) is 0 Å². The number of piperazine rings is 1. The number of nitrogens with zero attached hydrogens (tertiary/aromatic N) is 2. The molecule has 1 aliphatic rings. The average Bonchev–Trinajstić information content (AvgIpc) is 2.67. The highest BCUT2D eigenvalue weighted by atomic mass is 32.2. The first-order valence-corrected chi connectivity index (χ1v) is 9.86. The predicted molar refractivity (Wildman–Crippen MR) is 108 cm³/mol. The molecular weight excluding hydrogens is 344 g/mol. The van der Waals surface area contributed by atoms with E-state index in [1.165, 1.54) is 17.3 Å². The minimum absolute atomic E-state index is 0.253. The standard InChI is InChI=1S/C20H24N4OS/c21-19(25)16-26-20(22-18-9-5-2-6-10-18)24-13-11-23(12-14-24)15-17-7-3-1-4-8-17/h1-10H,11-16H2,(H2,21,25)/p+1. The van der Waals surface area contributed by atoms with Gasteiger partial charge < -0.3 is 15.5 Å². The molecule has 0 bridgehead atoms. The van der Waals surface area contributed by atoms with Crippen molar-refractivity contribution in [1.82, 2.24) is 4.90 Å². The smallest absolute Gasteiger partial charge is 0.227 e. The van der Waals surface area contributed by atoms with E-state index in [-0.39, 0.29) is 11.7 Å². The number of hydrogen-bond acceptors (Lipinski definition) is 3. The van der Waals surface area contributed by atoms with E-state index in [0.29, 0.717) is 0 Å². The second-order valence-corrected chi connectivity index (χ2v) is 7.33. The number of amidine groups is 1. The van der Waals surface area contributed by atoms with Gasteiger partial charge in [0.1, 0.15) is 6.54 Å². The average molecular weight is 370 g/mol. The van der Waals surface area contributed by atoms with Crippen LogP contribution in [0, 0.1) is 0 Å². The molecule has 0 aromatic heterocycles. The molecule has 136 valence electrons. The van der Waals surface area contributed by atoms with E-state index in [9.17, 15) is 4.79 Å². The van der Waals surface area contributed by atoms with E-state index in [0.717, 1.165) is 43.6 Å². The number of nitrogens with one attached hydrogen (secondary N) is 1. The Kier molecular flexibility index (Phi) is 6.68. The Bertz CT molecular complexity index is 728. The number of carbonyl (C=O) groups excluding carboxylic acids is 1. The predicted octanol–water partition coefficient (Wildman–Crippen LogP) is 1.29. The molecule has 6 heteroatoms. The molecule has 0 saturated carbocycles. The van der Waals surface area contributed by atoms with Gasteiger partial charge in [0.25, 0.3) is 0 Å². The van der Waals surface area contributed by atoms with Crippen molar-refractivity contribution in [2.24, 2.45) is 10.7 Å². The normalized spacial score (nSPS) is 15.8. The Hall–Kier alpha value is -2.31. The molecular formula is C20H25N4OS+. The van der Waals surface area contributed by atoms with E-state index in [2.05, 4.69) is 35.2 Å². The molecule has 1 saturated heterocycles. The van der Waals surface area contributed by atoms with Crippen LogP contribution < -0.4 is 10.6 Å². The Morgan fingerprint density at radius 1 is 1.04 bits per heavy atom. The van der Waals surface area contributed by atoms with E-state index in [1.807, 2.05) is 30.3 Å². The van der Waals surface area contributed by atoms with Crippen molar-refractivity contribution in [2.45, 2.75) is 6.54 Å². The van der Waals surface area contributed by atoms with Crippen LogP contribution in [-0.4, -0.2) is 47.9 Å². The van der Waals surface area contributed by atoms with Crippen molar-refractivity contribution in [1.29, 1.82) is 0 Å². The van der Waals surface area contributed by atoms with Crippen LogP contribution in [0.25, 0.3) is 0 Å². The first kappa shape index (κ1) is 18.5. The number of aliphatic imine (C=N–C) groups is 1. The molecule has 3 N–H and O–H groups in total. The Balaban J connectivity index is 1.63. The van der Waals surface area contributed by atoms with Gasteiger partial charge >= 0.3 is 0 Å². The Labute approximate surface area is 158 Å². The highest BCUT2D eigenvalue weighted by Gasteiger charge is 2.23. The fourth-order valence-electron chi connectivity index (χ4n) is 3.02. The second-order valence-electron chi connectivity index (χ2n) is 6.38. The first-order valence-electron chi connectivity index (χ1n) is 8.88.